The summed E-state index contributed by atoms with van der Waals surface area (Å²) in [6.45, 7) is 0. The fourth-order valence-corrected chi connectivity index (χ4v) is 3.71. The fourth-order valence-electron chi connectivity index (χ4n) is 3.53. The molecule has 0 saturated heterocycles. The van der Waals surface area contributed by atoms with Gasteiger partial charge < -0.3 is 15.7 Å². The first-order chi connectivity index (χ1) is 13.9. The van der Waals surface area contributed by atoms with Crippen molar-refractivity contribution in [3.05, 3.63) is 58.9 Å². The molecule has 152 valence electrons. The highest BCUT2D eigenvalue weighted by Gasteiger charge is 2.36. The summed E-state index contributed by atoms with van der Waals surface area (Å²) in [4.78, 5) is 36.9. The first-order valence-corrected chi connectivity index (χ1v) is 9.63. The summed E-state index contributed by atoms with van der Waals surface area (Å²) in [7, 11) is 0. The summed E-state index contributed by atoms with van der Waals surface area (Å²) in [6, 6.07) is 10.2. The van der Waals surface area contributed by atoms with Gasteiger partial charge in [-0.1, -0.05) is 36.6 Å². The molecule has 1 aliphatic carbocycles. The Kier molecular flexibility index (Phi) is 6.49. The number of hydrogen-bond acceptors (Lipinski definition) is 3. The molecule has 2 amide bonds. The van der Waals surface area contributed by atoms with Crippen molar-refractivity contribution in [1.29, 1.82) is 0 Å². The van der Waals surface area contributed by atoms with Crippen molar-refractivity contribution < 1.29 is 23.9 Å². The smallest absolute Gasteiger partial charge is 0.307 e. The van der Waals surface area contributed by atoms with E-state index in [1.54, 1.807) is 18.2 Å². The summed E-state index contributed by atoms with van der Waals surface area (Å²) in [6.07, 6.45) is 2.52. The maximum absolute atomic E-state index is 13.3. The van der Waals surface area contributed by atoms with Crippen LogP contribution in [0.3, 0.4) is 0 Å². The van der Waals surface area contributed by atoms with E-state index in [9.17, 15) is 23.9 Å². The number of amides is 2. The van der Waals surface area contributed by atoms with Gasteiger partial charge in [-0.25, -0.2) is 4.39 Å². The molecule has 6 nitrogen and oxygen atoms in total. The molecular weight excluding hydrogens is 399 g/mol. The number of benzene rings is 2. The molecule has 0 unspecified atom stereocenters. The van der Waals surface area contributed by atoms with Crippen LogP contribution in [0, 0.1) is 17.7 Å². The van der Waals surface area contributed by atoms with Crippen molar-refractivity contribution in [2.75, 3.05) is 10.6 Å². The summed E-state index contributed by atoms with van der Waals surface area (Å²) >= 11 is 5.74. The minimum absolute atomic E-state index is 0.124. The second-order valence-corrected chi connectivity index (χ2v) is 7.36. The van der Waals surface area contributed by atoms with Crippen LogP contribution >= 0.6 is 11.6 Å². The van der Waals surface area contributed by atoms with E-state index in [2.05, 4.69) is 10.6 Å². The van der Waals surface area contributed by atoms with Gasteiger partial charge in [-0.2, -0.15) is 0 Å². The number of carbonyl (C=O) groups excluding carboxylic acids is 2. The van der Waals surface area contributed by atoms with Crippen LogP contribution in [-0.2, 0) is 9.59 Å². The van der Waals surface area contributed by atoms with E-state index in [1.165, 1.54) is 18.2 Å². The minimum atomic E-state index is -0.982. The number of nitrogens with one attached hydrogen (secondary N) is 2. The van der Waals surface area contributed by atoms with Crippen LogP contribution in [0.25, 0.3) is 0 Å². The maximum Gasteiger partial charge on any atom is 0.307 e. The number of rotatable bonds is 5. The van der Waals surface area contributed by atoms with Crippen LogP contribution in [0.2, 0.25) is 5.02 Å². The molecule has 2 atom stereocenters. The molecule has 2 aromatic carbocycles. The molecule has 0 radical (unpaired) electrons. The lowest BCUT2D eigenvalue weighted by molar-refractivity contribution is -0.147. The Morgan fingerprint density at radius 1 is 1.00 bits per heavy atom. The molecule has 3 N–H and O–H groups in total. The van der Waals surface area contributed by atoms with Gasteiger partial charge in [-0.05, 0) is 43.2 Å². The summed E-state index contributed by atoms with van der Waals surface area (Å²) < 4.78 is 13.3. The number of carbonyl (C=O) groups is 3. The quantitative estimate of drug-likeness (QED) is 0.663. The zero-order valence-corrected chi connectivity index (χ0v) is 16.2. The molecule has 2 aromatic rings. The van der Waals surface area contributed by atoms with Crippen LogP contribution in [0.15, 0.2) is 42.5 Å². The molecule has 0 aromatic heterocycles. The van der Waals surface area contributed by atoms with Crippen molar-refractivity contribution in [1.82, 2.24) is 0 Å². The highest BCUT2D eigenvalue weighted by atomic mass is 35.5. The topological polar surface area (TPSA) is 95.5 Å². The van der Waals surface area contributed by atoms with Gasteiger partial charge in [0.1, 0.15) is 5.82 Å². The SMILES string of the molecule is O=C(Nc1ccc(F)c(Cl)c1)c1ccccc1NC(=O)[C@@H]1CCCC[C@H]1C(=O)O. The number of halogens is 2. The normalized spacial score (nSPS) is 18.7. The minimum Gasteiger partial charge on any atom is -0.481 e. The molecule has 0 spiro atoms. The molecule has 0 bridgehead atoms. The second-order valence-electron chi connectivity index (χ2n) is 6.95. The van der Waals surface area contributed by atoms with Gasteiger partial charge in [0.2, 0.25) is 5.91 Å². The molecule has 0 heterocycles. The van der Waals surface area contributed by atoms with Crippen molar-refractivity contribution in [2.24, 2.45) is 11.8 Å². The van der Waals surface area contributed by atoms with Crippen molar-refractivity contribution in [3.8, 4) is 0 Å². The van der Waals surface area contributed by atoms with Crippen LogP contribution < -0.4 is 10.6 Å². The van der Waals surface area contributed by atoms with E-state index >= 15 is 0 Å². The van der Waals surface area contributed by atoms with E-state index in [1.807, 2.05) is 0 Å². The average molecular weight is 419 g/mol. The summed E-state index contributed by atoms with van der Waals surface area (Å²) in [5, 5.41) is 14.6. The number of para-hydroxylation sites is 1. The molecule has 3 rings (SSSR count). The van der Waals surface area contributed by atoms with E-state index in [4.69, 9.17) is 11.6 Å². The third kappa shape index (κ3) is 4.92. The van der Waals surface area contributed by atoms with E-state index in [0.717, 1.165) is 18.9 Å². The Hall–Kier alpha value is -2.93. The van der Waals surface area contributed by atoms with Crippen LogP contribution in [-0.4, -0.2) is 22.9 Å². The first kappa shape index (κ1) is 20.8. The first-order valence-electron chi connectivity index (χ1n) is 9.26. The maximum atomic E-state index is 13.3. The predicted octanol–water partition coefficient (Wildman–Crippen LogP) is 4.56. The number of carboxylic acid groups (broad SMARTS) is 1. The predicted molar refractivity (Wildman–Crippen MR) is 108 cm³/mol. The molecule has 8 heteroatoms. The number of hydrogen-bond donors (Lipinski definition) is 3. The molecular formula is C21H20ClFN2O4. The second kappa shape index (κ2) is 9.05. The lowest BCUT2D eigenvalue weighted by Crippen LogP contribution is -2.36. The van der Waals surface area contributed by atoms with Gasteiger partial charge in [0.05, 0.1) is 28.1 Å². The Morgan fingerprint density at radius 2 is 1.69 bits per heavy atom. The van der Waals surface area contributed by atoms with Gasteiger partial charge in [-0.3, -0.25) is 14.4 Å². The molecule has 0 aliphatic heterocycles. The zero-order valence-electron chi connectivity index (χ0n) is 15.5. The number of aliphatic carboxylic acids is 1. The van der Waals surface area contributed by atoms with E-state index < -0.39 is 35.4 Å². The van der Waals surface area contributed by atoms with E-state index in [0.29, 0.717) is 18.5 Å². The fraction of sp³-hybridized carbons (Fsp3) is 0.286. The van der Waals surface area contributed by atoms with Crippen LogP contribution in [0.4, 0.5) is 15.8 Å². The Labute approximate surface area is 172 Å². The lowest BCUT2D eigenvalue weighted by atomic mass is 9.78. The number of anilines is 2. The van der Waals surface area contributed by atoms with Crippen molar-refractivity contribution in [3.63, 3.8) is 0 Å². The third-order valence-electron chi connectivity index (χ3n) is 5.03. The zero-order chi connectivity index (χ0) is 21.0. The summed E-state index contributed by atoms with van der Waals surface area (Å²) in [5.74, 6) is -3.88. The van der Waals surface area contributed by atoms with Crippen LogP contribution in [0.1, 0.15) is 36.0 Å². The van der Waals surface area contributed by atoms with Gasteiger partial charge in [0.15, 0.2) is 0 Å². The lowest BCUT2D eigenvalue weighted by Gasteiger charge is -2.27. The molecule has 1 aliphatic rings. The molecule has 1 fully saturated rings. The average Bonchev–Trinajstić information content (AvgIpc) is 2.71. The van der Waals surface area contributed by atoms with Crippen molar-refractivity contribution >= 4 is 40.8 Å². The molecule has 1 saturated carbocycles. The summed E-state index contributed by atoms with van der Waals surface area (Å²) in [5.41, 5.74) is 0.780. The Balaban J connectivity index is 1.77. The Morgan fingerprint density at radius 3 is 2.38 bits per heavy atom. The highest BCUT2D eigenvalue weighted by molar-refractivity contribution is 6.31. The number of carboxylic acids is 1. The van der Waals surface area contributed by atoms with Gasteiger partial charge in [0.25, 0.3) is 5.91 Å². The van der Waals surface area contributed by atoms with Gasteiger partial charge in [-0.15, -0.1) is 0 Å². The third-order valence-corrected chi connectivity index (χ3v) is 5.32. The van der Waals surface area contributed by atoms with Gasteiger partial charge in [0, 0.05) is 5.69 Å². The van der Waals surface area contributed by atoms with Gasteiger partial charge >= 0.3 is 5.97 Å². The van der Waals surface area contributed by atoms with Crippen molar-refractivity contribution in [2.45, 2.75) is 25.7 Å². The van der Waals surface area contributed by atoms with Crippen LogP contribution in [0.5, 0.6) is 0 Å². The highest BCUT2D eigenvalue weighted by Crippen LogP contribution is 2.32. The molecule has 29 heavy (non-hydrogen) atoms. The largest absolute Gasteiger partial charge is 0.481 e. The standard InChI is InChI=1S/C21H20ClFN2O4/c22-16-11-12(9-10-17(16)23)24-20(27)15-7-3-4-8-18(15)25-19(26)13-5-1-2-6-14(13)21(28)29/h3-4,7-11,13-14H,1-2,5-6H2,(H,24,27)(H,25,26)(H,28,29)/t13-,14-/m1/s1. The monoisotopic (exact) mass is 418 g/mol. The van der Waals surface area contributed by atoms with E-state index in [-0.39, 0.29) is 16.3 Å². The Bertz CT molecular complexity index is 950.